The van der Waals surface area contributed by atoms with Gasteiger partial charge in [0.05, 0.1) is 10.6 Å². The molecule has 2 aromatic heterocycles. The topological polar surface area (TPSA) is 93.9 Å². The Kier molecular flexibility index (Phi) is 5.96. The first-order valence-electron chi connectivity index (χ1n) is 8.61. The van der Waals surface area contributed by atoms with E-state index in [1.165, 1.54) is 29.8 Å². The Bertz CT molecular complexity index is 1130. The Morgan fingerprint density at radius 3 is 2.57 bits per heavy atom. The molecule has 0 unspecified atom stereocenters. The van der Waals surface area contributed by atoms with Crippen LogP contribution < -0.4 is 10.3 Å². The molecule has 0 aliphatic heterocycles. The maximum Gasteiger partial charge on any atom is 0.266 e. The third kappa shape index (κ3) is 4.68. The maximum absolute atomic E-state index is 13.3. The molecular formula is C19H19FN4O3S. The summed E-state index contributed by atoms with van der Waals surface area (Å²) in [6.45, 7) is 1.87. The molecule has 0 saturated carbocycles. The van der Waals surface area contributed by atoms with Crippen LogP contribution in [-0.2, 0) is 16.6 Å². The van der Waals surface area contributed by atoms with Gasteiger partial charge < -0.3 is 0 Å². The summed E-state index contributed by atoms with van der Waals surface area (Å²) in [5.74, 6) is -0.460. The quantitative estimate of drug-likeness (QED) is 0.611. The third-order valence-corrected chi connectivity index (χ3v) is 5.58. The minimum atomic E-state index is -3.75. The van der Waals surface area contributed by atoms with E-state index in [0.29, 0.717) is 12.1 Å². The van der Waals surface area contributed by atoms with E-state index in [9.17, 15) is 17.6 Å². The van der Waals surface area contributed by atoms with E-state index in [1.54, 1.807) is 30.6 Å². The molecule has 3 rings (SSSR count). The molecule has 0 amide bonds. The van der Waals surface area contributed by atoms with Gasteiger partial charge in [0, 0.05) is 37.1 Å². The number of sulfonamides is 1. The molecule has 0 fully saturated rings. The van der Waals surface area contributed by atoms with Crippen molar-refractivity contribution in [3.63, 3.8) is 0 Å². The van der Waals surface area contributed by atoms with Gasteiger partial charge in [-0.2, -0.15) is 5.10 Å². The van der Waals surface area contributed by atoms with Gasteiger partial charge >= 0.3 is 0 Å². The summed E-state index contributed by atoms with van der Waals surface area (Å²) < 4.78 is 41.6. The molecule has 9 heteroatoms. The van der Waals surface area contributed by atoms with E-state index >= 15 is 0 Å². The molecule has 3 aromatic rings. The van der Waals surface area contributed by atoms with Crippen LogP contribution in [0.3, 0.4) is 0 Å². The minimum absolute atomic E-state index is 0.00127. The summed E-state index contributed by atoms with van der Waals surface area (Å²) in [7, 11) is -3.75. The third-order valence-electron chi connectivity index (χ3n) is 4.12. The van der Waals surface area contributed by atoms with E-state index in [0.717, 1.165) is 11.6 Å². The molecule has 1 aromatic carbocycles. The number of hydrogen-bond donors (Lipinski definition) is 1. The summed E-state index contributed by atoms with van der Waals surface area (Å²) in [5, 5.41) is 4.31. The molecule has 0 aliphatic rings. The van der Waals surface area contributed by atoms with Crippen molar-refractivity contribution >= 4 is 10.0 Å². The van der Waals surface area contributed by atoms with Crippen molar-refractivity contribution in [2.45, 2.75) is 24.8 Å². The molecule has 0 bridgehead atoms. The highest BCUT2D eigenvalue weighted by Crippen LogP contribution is 2.14. The highest BCUT2D eigenvalue weighted by Gasteiger charge is 2.14. The van der Waals surface area contributed by atoms with Crippen LogP contribution in [0.2, 0.25) is 0 Å². The van der Waals surface area contributed by atoms with Gasteiger partial charge in [-0.05, 0) is 55.3 Å². The van der Waals surface area contributed by atoms with Gasteiger partial charge in [0.2, 0.25) is 10.0 Å². The predicted molar refractivity (Wildman–Crippen MR) is 103 cm³/mol. The number of rotatable bonds is 7. The van der Waals surface area contributed by atoms with Gasteiger partial charge in [0.25, 0.3) is 5.56 Å². The monoisotopic (exact) mass is 402 g/mol. The van der Waals surface area contributed by atoms with Gasteiger partial charge in [-0.15, -0.1) is 0 Å². The number of nitrogens with one attached hydrogen (secondary N) is 1. The van der Waals surface area contributed by atoms with E-state index in [2.05, 4.69) is 14.8 Å². The Hall–Kier alpha value is -2.91. The highest BCUT2D eigenvalue weighted by atomic mass is 32.2. The molecule has 0 atom stereocenters. The van der Waals surface area contributed by atoms with Gasteiger partial charge in [0.1, 0.15) is 5.82 Å². The molecule has 0 spiro atoms. The number of pyridine rings is 1. The largest absolute Gasteiger partial charge is 0.268 e. The number of hydrogen-bond acceptors (Lipinski definition) is 5. The normalized spacial score (nSPS) is 11.5. The van der Waals surface area contributed by atoms with Crippen molar-refractivity contribution in [3.05, 3.63) is 76.6 Å². The van der Waals surface area contributed by atoms with Crippen LogP contribution >= 0.6 is 0 Å². The van der Waals surface area contributed by atoms with Crippen LogP contribution in [-0.4, -0.2) is 29.7 Å². The van der Waals surface area contributed by atoms with Crippen LogP contribution in [0.1, 0.15) is 12.0 Å². The number of benzene rings is 1. The second kappa shape index (κ2) is 8.41. The lowest BCUT2D eigenvalue weighted by Crippen LogP contribution is -2.28. The predicted octanol–water partition coefficient (Wildman–Crippen LogP) is 2.12. The Morgan fingerprint density at radius 1 is 1.11 bits per heavy atom. The summed E-state index contributed by atoms with van der Waals surface area (Å²) in [4.78, 5) is 15.9. The lowest BCUT2D eigenvalue weighted by molar-refractivity contribution is 0.536. The Labute approximate surface area is 161 Å². The van der Waals surface area contributed by atoms with Crippen LogP contribution in [0.15, 0.2) is 64.5 Å². The lowest BCUT2D eigenvalue weighted by Gasteiger charge is -2.09. The minimum Gasteiger partial charge on any atom is -0.268 e. The van der Waals surface area contributed by atoms with Crippen molar-refractivity contribution in [2.75, 3.05) is 6.54 Å². The maximum atomic E-state index is 13.3. The fraction of sp³-hybridized carbons (Fsp3) is 0.211. The Balaban J connectivity index is 1.63. The molecule has 2 heterocycles. The van der Waals surface area contributed by atoms with Gasteiger partial charge in [-0.3, -0.25) is 9.78 Å². The van der Waals surface area contributed by atoms with Crippen molar-refractivity contribution in [2.24, 2.45) is 0 Å². The smallest absolute Gasteiger partial charge is 0.266 e. The summed E-state index contributed by atoms with van der Waals surface area (Å²) >= 11 is 0. The van der Waals surface area contributed by atoms with Crippen molar-refractivity contribution in [3.8, 4) is 11.3 Å². The molecule has 0 aliphatic carbocycles. The van der Waals surface area contributed by atoms with Crippen LogP contribution in [0.4, 0.5) is 4.39 Å². The molecule has 28 heavy (non-hydrogen) atoms. The summed E-state index contributed by atoms with van der Waals surface area (Å²) in [5.41, 5.74) is 1.45. The van der Waals surface area contributed by atoms with Crippen LogP contribution in [0, 0.1) is 12.7 Å². The SMILES string of the molecule is Cc1cc(S(=O)(=O)NCCCn2nc(-c3ccncc3)ccc2=O)ccc1F. The first-order valence-corrected chi connectivity index (χ1v) is 10.1. The second-order valence-electron chi connectivity index (χ2n) is 6.18. The fourth-order valence-corrected chi connectivity index (χ4v) is 3.75. The van der Waals surface area contributed by atoms with E-state index in [-0.39, 0.29) is 29.1 Å². The molecule has 0 radical (unpaired) electrons. The molecule has 146 valence electrons. The first kappa shape index (κ1) is 19.8. The molecular weight excluding hydrogens is 383 g/mol. The van der Waals surface area contributed by atoms with Gasteiger partial charge in [-0.1, -0.05) is 0 Å². The number of aromatic nitrogens is 3. The van der Waals surface area contributed by atoms with E-state index in [4.69, 9.17) is 0 Å². The standard InChI is InChI=1S/C19H19FN4O3S/c1-14-13-16(3-4-17(14)20)28(26,27)22-9-2-12-24-19(25)6-5-18(23-24)15-7-10-21-11-8-15/h3-8,10-11,13,22H,2,9,12H2,1H3. The van der Waals surface area contributed by atoms with Crippen LogP contribution in [0.5, 0.6) is 0 Å². The molecule has 7 nitrogen and oxygen atoms in total. The number of aryl methyl sites for hydroxylation is 2. The zero-order chi connectivity index (χ0) is 20.1. The summed E-state index contributed by atoms with van der Waals surface area (Å²) in [6.07, 6.45) is 3.64. The molecule has 0 saturated heterocycles. The number of halogens is 1. The van der Waals surface area contributed by atoms with Crippen molar-refractivity contribution < 1.29 is 12.8 Å². The Morgan fingerprint density at radius 2 is 1.86 bits per heavy atom. The first-order chi connectivity index (χ1) is 13.4. The van der Waals surface area contributed by atoms with Crippen molar-refractivity contribution in [1.29, 1.82) is 0 Å². The van der Waals surface area contributed by atoms with Gasteiger partial charge in [-0.25, -0.2) is 22.2 Å². The second-order valence-corrected chi connectivity index (χ2v) is 7.95. The number of nitrogens with zero attached hydrogens (tertiary/aromatic N) is 3. The zero-order valence-electron chi connectivity index (χ0n) is 15.2. The van der Waals surface area contributed by atoms with E-state index < -0.39 is 15.8 Å². The fourth-order valence-electron chi connectivity index (χ4n) is 2.59. The van der Waals surface area contributed by atoms with Gasteiger partial charge in [0.15, 0.2) is 0 Å². The average Bonchev–Trinajstić information content (AvgIpc) is 2.69. The zero-order valence-corrected chi connectivity index (χ0v) is 16.0. The molecule has 1 N–H and O–H groups in total. The van der Waals surface area contributed by atoms with E-state index in [1.807, 2.05) is 0 Å². The van der Waals surface area contributed by atoms with Crippen LogP contribution in [0.25, 0.3) is 11.3 Å². The average molecular weight is 402 g/mol. The highest BCUT2D eigenvalue weighted by molar-refractivity contribution is 7.89. The lowest BCUT2D eigenvalue weighted by atomic mass is 10.2. The summed E-state index contributed by atoms with van der Waals surface area (Å²) in [6, 6.07) is 10.3. The van der Waals surface area contributed by atoms with Crippen molar-refractivity contribution in [1.82, 2.24) is 19.5 Å².